The minimum Gasteiger partial charge on any atom is -0.394 e. The summed E-state index contributed by atoms with van der Waals surface area (Å²) in [5, 5.41) is 22.4. The summed E-state index contributed by atoms with van der Waals surface area (Å²) in [6, 6.07) is -0.732. The monoisotopic (exact) mass is 308 g/mol. The number of anilines is 1. The number of nitrogens with zero attached hydrogens (tertiary/aromatic N) is 4. The fourth-order valence-corrected chi connectivity index (χ4v) is 2.60. The smallest absolute Gasteiger partial charge is 0.217 e. The number of aromatic nitrogens is 4. The summed E-state index contributed by atoms with van der Waals surface area (Å²) in [5.74, 6) is -0.109. The summed E-state index contributed by atoms with van der Waals surface area (Å²) in [5.41, 5.74) is 6.51. The highest BCUT2D eigenvalue weighted by molar-refractivity contribution is 5.81. The van der Waals surface area contributed by atoms with Crippen molar-refractivity contribution in [2.24, 2.45) is 0 Å². The Bertz CT molecular complexity index is 704. The van der Waals surface area contributed by atoms with Crippen LogP contribution in [0.1, 0.15) is 13.2 Å². The van der Waals surface area contributed by atoms with Crippen LogP contribution in [0.25, 0.3) is 11.2 Å². The van der Waals surface area contributed by atoms with E-state index in [4.69, 9.17) is 10.5 Å². The van der Waals surface area contributed by atoms with E-state index in [-0.39, 0.29) is 18.3 Å². The predicted octanol–water partition coefficient (Wildman–Crippen LogP) is -1.84. The molecule has 3 heterocycles. The summed E-state index contributed by atoms with van der Waals surface area (Å²) in [6.45, 7) is 0.983. The normalized spacial score (nSPS) is 28.1. The molecule has 4 unspecified atom stereocenters. The molecule has 4 atom stereocenters. The van der Waals surface area contributed by atoms with Gasteiger partial charge in [-0.3, -0.25) is 9.36 Å². The number of carbonyl (C=O) groups is 1. The highest BCUT2D eigenvalue weighted by Crippen LogP contribution is 2.31. The number of hydrogen-bond donors (Lipinski definition) is 4. The second-order valence-corrected chi connectivity index (χ2v) is 5.05. The molecule has 1 aliphatic rings. The number of rotatable bonds is 3. The van der Waals surface area contributed by atoms with Crippen molar-refractivity contribution in [3.63, 3.8) is 0 Å². The van der Waals surface area contributed by atoms with Crippen LogP contribution in [0.5, 0.6) is 0 Å². The molecule has 1 fully saturated rings. The first kappa shape index (κ1) is 14.6. The Morgan fingerprint density at radius 1 is 1.50 bits per heavy atom. The van der Waals surface area contributed by atoms with Crippen molar-refractivity contribution in [3.05, 3.63) is 12.7 Å². The van der Waals surface area contributed by atoms with Crippen molar-refractivity contribution in [1.82, 2.24) is 24.8 Å². The maximum atomic E-state index is 11.2. The lowest BCUT2D eigenvalue weighted by atomic mass is 10.1. The lowest BCUT2D eigenvalue weighted by molar-refractivity contribution is -0.120. The van der Waals surface area contributed by atoms with Crippen LogP contribution in [0, 0.1) is 0 Å². The lowest BCUT2D eigenvalue weighted by Gasteiger charge is -2.19. The molecule has 118 valence electrons. The zero-order valence-electron chi connectivity index (χ0n) is 11.7. The van der Waals surface area contributed by atoms with Gasteiger partial charge in [-0.2, -0.15) is 0 Å². The van der Waals surface area contributed by atoms with E-state index in [1.54, 1.807) is 0 Å². The van der Waals surface area contributed by atoms with Crippen LogP contribution in [0.3, 0.4) is 0 Å². The van der Waals surface area contributed by atoms with Gasteiger partial charge in [0, 0.05) is 6.92 Å². The molecule has 0 bridgehead atoms. The van der Waals surface area contributed by atoms with E-state index >= 15 is 0 Å². The Morgan fingerprint density at radius 2 is 2.27 bits per heavy atom. The Balaban J connectivity index is 1.97. The number of nitrogens with two attached hydrogens (primary N) is 1. The maximum absolute atomic E-state index is 11.2. The average molecular weight is 308 g/mol. The lowest BCUT2D eigenvalue weighted by Crippen LogP contribution is -2.47. The van der Waals surface area contributed by atoms with Gasteiger partial charge in [0.15, 0.2) is 17.7 Å². The molecule has 1 aliphatic heterocycles. The molecule has 2 aromatic rings. The highest BCUT2D eigenvalue weighted by atomic mass is 16.5. The average Bonchev–Trinajstić information content (AvgIpc) is 3.02. The quantitative estimate of drug-likeness (QED) is 0.517. The molecule has 0 spiro atoms. The first-order valence-corrected chi connectivity index (χ1v) is 6.67. The molecule has 0 aliphatic carbocycles. The standard InChI is InChI=1S/C12H16N6O4/c1-5(20)17-7-6(2-19)22-12(9(7)21)18-4-16-8-10(13)14-3-15-11(8)18/h3-4,6-7,9,12,19,21H,2H2,1H3,(H,17,20)(H2,13,14,15). The van der Waals surface area contributed by atoms with Gasteiger partial charge < -0.3 is 26.0 Å². The van der Waals surface area contributed by atoms with Gasteiger partial charge in [0.05, 0.1) is 19.0 Å². The second kappa shape index (κ2) is 5.48. The summed E-state index contributed by atoms with van der Waals surface area (Å²) in [7, 11) is 0. The van der Waals surface area contributed by atoms with E-state index in [0.29, 0.717) is 11.2 Å². The molecule has 0 radical (unpaired) electrons. The third kappa shape index (κ3) is 2.26. The van der Waals surface area contributed by atoms with Gasteiger partial charge in [-0.05, 0) is 0 Å². The minimum atomic E-state index is -1.07. The third-order valence-electron chi connectivity index (χ3n) is 3.59. The Morgan fingerprint density at radius 3 is 2.95 bits per heavy atom. The van der Waals surface area contributed by atoms with E-state index in [2.05, 4.69) is 20.3 Å². The fourth-order valence-electron chi connectivity index (χ4n) is 2.60. The van der Waals surface area contributed by atoms with Crippen LogP contribution in [0.4, 0.5) is 5.82 Å². The molecule has 22 heavy (non-hydrogen) atoms. The van der Waals surface area contributed by atoms with Crippen LogP contribution in [-0.2, 0) is 9.53 Å². The topological polar surface area (TPSA) is 148 Å². The summed E-state index contributed by atoms with van der Waals surface area (Å²) in [4.78, 5) is 23.3. The number of aliphatic hydroxyl groups excluding tert-OH is 2. The number of fused-ring (bicyclic) bond motifs is 1. The molecular formula is C12H16N6O4. The number of nitrogens with one attached hydrogen (secondary N) is 1. The molecule has 3 rings (SSSR count). The van der Waals surface area contributed by atoms with Gasteiger partial charge >= 0.3 is 0 Å². The maximum Gasteiger partial charge on any atom is 0.217 e. The molecular weight excluding hydrogens is 292 g/mol. The number of aliphatic hydroxyl groups is 2. The van der Waals surface area contributed by atoms with E-state index in [1.165, 1.54) is 24.1 Å². The first-order valence-electron chi connectivity index (χ1n) is 6.67. The van der Waals surface area contributed by atoms with Crippen molar-refractivity contribution in [3.8, 4) is 0 Å². The number of carbonyl (C=O) groups excluding carboxylic acids is 1. The van der Waals surface area contributed by atoms with Crippen LogP contribution >= 0.6 is 0 Å². The number of hydrogen-bond acceptors (Lipinski definition) is 8. The van der Waals surface area contributed by atoms with Crippen molar-refractivity contribution in [2.75, 3.05) is 12.3 Å². The Labute approximate surface area is 124 Å². The van der Waals surface area contributed by atoms with Gasteiger partial charge in [-0.1, -0.05) is 0 Å². The zero-order chi connectivity index (χ0) is 15.9. The molecule has 10 nitrogen and oxygen atoms in total. The van der Waals surface area contributed by atoms with Crippen LogP contribution in [0.2, 0.25) is 0 Å². The number of nitrogen functional groups attached to an aromatic ring is 1. The fraction of sp³-hybridized carbons (Fsp3) is 0.500. The van der Waals surface area contributed by atoms with Crippen molar-refractivity contribution < 1.29 is 19.7 Å². The van der Waals surface area contributed by atoms with Crippen LogP contribution < -0.4 is 11.1 Å². The van der Waals surface area contributed by atoms with Gasteiger partial charge in [-0.25, -0.2) is 15.0 Å². The Kier molecular flexibility index (Phi) is 3.64. The van der Waals surface area contributed by atoms with Crippen LogP contribution in [0.15, 0.2) is 12.7 Å². The molecule has 0 saturated carbocycles. The number of amides is 1. The first-order chi connectivity index (χ1) is 10.5. The largest absolute Gasteiger partial charge is 0.394 e. The van der Waals surface area contributed by atoms with Crippen LogP contribution in [-0.4, -0.2) is 60.5 Å². The molecule has 1 amide bonds. The minimum absolute atomic E-state index is 0.216. The second-order valence-electron chi connectivity index (χ2n) is 5.05. The number of ether oxygens (including phenoxy) is 1. The van der Waals surface area contributed by atoms with Gasteiger partial charge in [0.2, 0.25) is 5.91 Å². The Hall–Kier alpha value is -2.30. The van der Waals surface area contributed by atoms with Gasteiger partial charge in [-0.15, -0.1) is 0 Å². The van der Waals surface area contributed by atoms with Crippen molar-refractivity contribution >= 4 is 22.9 Å². The van der Waals surface area contributed by atoms with Gasteiger partial charge in [0.1, 0.15) is 24.1 Å². The molecule has 0 aromatic carbocycles. The van der Waals surface area contributed by atoms with Crippen molar-refractivity contribution in [1.29, 1.82) is 0 Å². The highest BCUT2D eigenvalue weighted by Gasteiger charge is 2.45. The van der Waals surface area contributed by atoms with E-state index in [1.807, 2.05) is 0 Å². The molecule has 10 heteroatoms. The van der Waals surface area contributed by atoms with E-state index in [9.17, 15) is 15.0 Å². The van der Waals surface area contributed by atoms with Gasteiger partial charge in [0.25, 0.3) is 0 Å². The molecule has 1 saturated heterocycles. The molecule has 2 aromatic heterocycles. The SMILES string of the molecule is CC(=O)NC1C(CO)OC(n2cnc3c(N)ncnc32)C1O. The number of imidazole rings is 1. The van der Waals surface area contributed by atoms with Crippen molar-refractivity contribution in [2.45, 2.75) is 31.4 Å². The summed E-state index contributed by atoms with van der Waals surface area (Å²) < 4.78 is 7.14. The van der Waals surface area contributed by atoms with E-state index < -0.39 is 24.5 Å². The summed E-state index contributed by atoms with van der Waals surface area (Å²) in [6.07, 6.45) is 0.0451. The van der Waals surface area contributed by atoms with E-state index in [0.717, 1.165) is 0 Å². The predicted molar refractivity (Wildman–Crippen MR) is 74.3 cm³/mol. The molecule has 5 N–H and O–H groups in total. The summed E-state index contributed by atoms with van der Waals surface area (Å²) >= 11 is 0. The zero-order valence-corrected chi connectivity index (χ0v) is 11.7. The third-order valence-corrected chi connectivity index (χ3v) is 3.59.